The van der Waals surface area contributed by atoms with Gasteiger partial charge in [0.2, 0.25) is 5.91 Å². The summed E-state index contributed by atoms with van der Waals surface area (Å²) in [5, 5.41) is 6.24. The highest BCUT2D eigenvalue weighted by molar-refractivity contribution is 5.80. The van der Waals surface area contributed by atoms with E-state index in [4.69, 9.17) is 9.47 Å². The molecule has 2 rings (SSSR count). The van der Waals surface area contributed by atoms with E-state index < -0.39 is 0 Å². The Hall–Kier alpha value is -1.59. The van der Waals surface area contributed by atoms with E-state index in [1.165, 1.54) is 5.56 Å². The van der Waals surface area contributed by atoms with Gasteiger partial charge in [-0.1, -0.05) is 18.2 Å². The molecule has 0 aliphatic carbocycles. The second kappa shape index (κ2) is 7.26. The van der Waals surface area contributed by atoms with E-state index in [2.05, 4.69) is 16.7 Å². The van der Waals surface area contributed by atoms with E-state index in [1.807, 2.05) is 18.2 Å². The van der Waals surface area contributed by atoms with Crippen molar-refractivity contribution in [3.63, 3.8) is 0 Å². The average molecular weight is 278 g/mol. The molecule has 5 nitrogen and oxygen atoms in total. The number of carbonyl (C=O) groups is 1. The maximum atomic E-state index is 12.2. The minimum atomic E-state index is -0.104. The molecule has 1 amide bonds. The maximum absolute atomic E-state index is 12.2. The van der Waals surface area contributed by atoms with Crippen LogP contribution in [0, 0.1) is 5.92 Å². The number of anilines is 1. The molecule has 2 unspecified atom stereocenters. The summed E-state index contributed by atoms with van der Waals surface area (Å²) >= 11 is 0. The van der Waals surface area contributed by atoms with Crippen LogP contribution in [0.1, 0.15) is 5.56 Å². The first-order valence-electron chi connectivity index (χ1n) is 6.85. The van der Waals surface area contributed by atoms with Crippen LogP contribution in [-0.4, -0.2) is 45.9 Å². The third-order valence-corrected chi connectivity index (χ3v) is 3.58. The van der Waals surface area contributed by atoms with Crippen molar-refractivity contribution in [2.45, 2.75) is 12.5 Å². The maximum Gasteiger partial charge on any atom is 0.225 e. The zero-order chi connectivity index (χ0) is 14.4. The van der Waals surface area contributed by atoms with Gasteiger partial charge in [-0.3, -0.25) is 4.79 Å². The van der Waals surface area contributed by atoms with Gasteiger partial charge in [0.25, 0.3) is 0 Å². The number of methoxy groups -OCH3 is 2. The van der Waals surface area contributed by atoms with E-state index in [9.17, 15) is 4.79 Å². The fraction of sp³-hybridized carbons (Fsp3) is 0.533. The molecular weight excluding hydrogens is 256 g/mol. The minimum Gasteiger partial charge on any atom is -0.384 e. The minimum absolute atomic E-state index is 0.0371. The normalized spacial score (nSPS) is 18.8. The van der Waals surface area contributed by atoms with Crippen LogP contribution in [0.25, 0.3) is 0 Å². The molecule has 1 aliphatic rings. The zero-order valence-corrected chi connectivity index (χ0v) is 12.0. The van der Waals surface area contributed by atoms with Crippen molar-refractivity contribution >= 4 is 11.6 Å². The van der Waals surface area contributed by atoms with Gasteiger partial charge in [-0.2, -0.15) is 0 Å². The van der Waals surface area contributed by atoms with Gasteiger partial charge in [0.15, 0.2) is 0 Å². The first-order valence-corrected chi connectivity index (χ1v) is 6.85. The second-order valence-corrected chi connectivity index (χ2v) is 5.00. The molecule has 1 aromatic rings. The number of para-hydroxylation sites is 1. The molecule has 0 radical (unpaired) electrons. The van der Waals surface area contributed by atoms with Crippen molar-refractivity contribution in [2.24, 2.45) is 5.92 Å². The summed E-state index contributed by atoms with van der Waals surface area (Å²) in [6, 6.07) is 8.11. The molecular formula is C15H22N2O3. The van der Waals surface area contributed by atoms with Gasteiger partial charge in [0.1, 0.15) is 0 Å². The number of hydrogen-bond acceptors (Lipinski definition) is 4. The molecule has 1 aromatic carbocycles. The molecule has 0 saturated heterocycles. The number of carbonyl (C=O) groups excluding carboxylic acids is 1. The molecule has 2 atom stereocenters. The van der Waals surface area contributed by atoms with Crippen LogP contribution in [-0.2, 0) is 20.7 Å². The first kappa shape index (κ1) is 14.8. The molecule has 0 spiro atoms. The van der Waals surface area contributed by atoms with E-state index in [-0.39, 0.29) is 17.9 Å². The van der Waals surface area contributed by atoms with Gasteiger partial charge in [0.05, 0.1) is 18.6 Å². The number of rotatable bonds is 6. The number of nitrogens with one attached hydrogen (secondary N) is 2. The van der Waals surface area contributed by atoms with Crippen molar-refractivity contribution in [3.8, 4) is 0 Å². The summed E-state index contributed by atoms with van der Waals surface area (Å²) in [5.41, 5.74) is 2.32. The first-order chi connectivity index (χ1) is 9.74. The molecule has 0 bridgehead atoms. The Morgan fingerprint density at radius 2 is 2.25 bits per heavy atom. The van der Waals surface area contributed by atoms with E-state index >= 15 is 0 Å². The van der Waals surface area contributed by atoms with E-state index in [0.717, 1.165) is 12.1 Å². The third kappa shape index (κ3) is 3.71. The standard InChI is InChI=1S/C15H22N2O3/c1-19-10-13(20-2)9-17-15(18)12-7-11-5-3-4-6-14(11)16-8-12/h3-6,12-13,16H,7-10H2,1-2H3,(H,17,18). The molecule has 1 heterocycles. The quantitative estimate of drug-likeness (QED) is 0.816. The Morgan fingerprint density at radius 1 is 1.45 bits per heavy atom. The van der Waals surface area contributed by atoms with Crippen LogP contribution in [0.3, 0.4) is 0 Å². The lowest BCUT2D eigenvalue weighted by Gasteiger charge is -2.26. The second-order valence-electron chi connectivity index (χ2n) is 5.00. The third-order valence-electron chi connectivity index (χ3n) is 3.58. The van der Waals surface area contributed by atoms with Crippen molar-refractivity contribution < 1.29 is 14.3 Å². The average Bonchev–Trinajstić information content (AvgIpc) is 2.50. The van der Waals surface area contributed by atoms with Crippen molar-refractivity contribution in [1.82, 2.24) is 5.32 Å². The fourth-order valence-corrected chi connectivity index (χ4v) is 2.38. The van der Waals surface area contributed by atoms with Crippen LogP contribution in [0.4, 0.5) is 5.69 Å². The Labute approximate surface area is 119 Å². The zero-order valence-electron chi connectivity index (χ0n) is 12.0. The molecule has 5 heteroatoms. The SMILES string of the molecule is COCC(CNC(=O)C1CNc2ccccc2C1)OC. The lowest BCUT2D eigenvalue weighted by molar-refractivity contribution is -0.125. The smallest absolute Gasteiger partial charge is 0.225 e. The lowest BCUT2D eigenvalue weighted by atomic mass is 9.93. The summed E-state index contributed by atoms with van der Waals surface area (Å²) in [7, 11) is 3.24. The summed E-state index contributed by atoms with van der Waals surface area (Å²) in [5.74, 6) is 0.0232. The van der Waals surface area contributed by atoms with Gasteiger partial charge >= 0.3 is 0 Å². The molecule has 20 heavy (non-hydrogen) atoms. The van der Waals surface area contributed by atoms with Crippen LogP contribution in [0.5, 0.6) is 0 Å². The van der Waals surface area contributed by atoms with Crippen LogP contribution < -0.4 is 10.6 Å². The van der Waals surface area contributed by atoms with Gasteiger partial charge in [-0.05, 0) is 18.1 Å². The highest BCUT2D eigenvalue weighted by atomic mass is 16.5. The van der Waals surface area contributed by atoms with Crippen LogP contribution >= 0.6 is 0 Å². The highest BCUT2D eigenvalue weighted by Crippen LogP contribution is 2.24. The Morgan fingerprint density at radius 3 is 3.00 bits per heavy atom. The van der Waals surface area contributed by atoms with Crippen molar-refractivity contribution in [2.75, 3.05) is 39.2 Å². The lowest BCUT2D eigenvalue weighted by Crippen LogP contribution is -2.42. The summed E-state index contributed by atoms with van der Waals surface area (Å²) in [4.78, 5) is 12.2. The summed E-state index contributed by atoms with van der Waals surface area (Å²) in [6.45, 7) is 1.62. The van der Waals surface area contributed by atoms with Crippen molar-refractivity contribution in [1.29, 1.82) is 0 Å². The number of fused-ring (bicyclic) bond motifs is 1. The van der Waals surface area contributed by atoms with Gasteiger partial charge in [0, 0.05) is 33.0 Å². The topological polar surface area (TPSA) is 59.6 Å². The van der Waals surface area contributed by atoms with E-state index in [1.54, 1.807) is 14.2 Å². The number of ether oxygens (including phenoxy) is 2. The number of benzene rings is 1. The number of amides is 1. The molecule has 1 aliphatic heterocycles. The molecule has 0 aromatic heterocycles. The van der Waals surface area contributed by atoms with Gasteiger partial charge in [-0.25, -0.2) is 0 Å². The van der Waals surface area contributed by atoms with Crippen LogP contribution in [0.15, 0.2) is 24.3 Å². The largest absolute Gasteiger partial charge is 0.384 e. The molecule has 0 fully saturated rings. The van der Waals surface area contributed by atoms with Gasteiger partial charge in [-0.15, -0.1) is 0 Å². The van der Waals surface area contributed by atoms with Gasteiger partial charge < -0.3 is 20.1 Å². The predicted molar refractivity (Wildman–Crippen MR) is 77.8 cm³/mol. The molecule has 2 N–H and O–H groups in total. The van der Waals surface area contributed by atoms with Crippen LogP contribution in [0.2, 0.25) is 0 Å². The predicted octanol–water partition coefficient (Wildman–Crippen LogP) is 1.05. The fourth-order valence-electron chi connectivity index (χ4n) is 2.38. The number of hydrogen-bond donors (Lipinski definition) is 2. The Balaban J connectivity index is 1.85. The monoisotopic (exact) mass is 278 g/mol. The molecule has 110 valence electrons. The Bertz CT molecular complexity index is 450. The summed E-state index contributed by atoms with van der Waals surface area (Å²) in [6.07, 6.45) is 0.671. The summed E-state index contributed by atoms with van der Waals surface area (Å²) < 4.78 is 10.3. The highest BCUT2D eigenvalue weighted by Gasteiger charge is 2.24. The Kier molecular flexibility index (Phi) is 5.38. The van der Waals surface area contributed by atoms with Crippen molar-refractivity contribution in [3.05, 3.63) is 29.8 Å². The van der Waals surface area contributed by atoms with E-state index in [0.29, 0.717) is 19.7 Å². The molecule has 0 saturated carbocycles.